The van der Waals surface area contributed by atoms with Crippen LogP contribution in [0.1, 0.15) is 0 Å². The summed E-state index contributed by atoms with van der Waals surface area (Å²) in [4.78, 5) is 2.41. The van der Waals surface area contributed by atoms with E-state index in [1.807, 2.05) is 12.1 Å². The summed E-state index contributed by atoms with van der Waals surface area (Å²) in [6.45, 7) is 5.36. The van der Waals surface area contributed by atoms with Crippen LogP contribution in [-0.4, -0.2) is 55.8 Å². The van der Waals surface area contributed by atoms with E-state index in [2.05, 4.69) is 26.1 Å². The van der Waals surface area contributed by atoms with Crippen LogP contribution < -0.4 is 10.9 Å². The minimum atomic E-state index is 0.179. The number of hydrogen-bond donors (Lipinski definition) is 2. The Morgan fingerprint density at radius 3 is 2.77 bits per heavy atom. The zero-order valence-corrected chi connectivity index (χ0v) is 7.90. The van der Waals surface area contributed by atoms with Crippen LogP contribution in [0.25, 0.3) is 0 Å². The van der Waals surface area contributed by atoms with Crippen LogP contribution in [0, 0.1) is 0 Å². The Kier molecular flexibility index (Phi) is 2.72. The number of nitrogens with zero attached hydrogens (tertiary/aromatic N) is 4. The first-order valence-corrected chi connectivity index (χ1v) is 4.67. The standard InChI is InChI=1S/C7H16N6/c1-12-7(9-10-11-12)6-13-4-2-8-3-5-13/h7-8H,2-6H2,1H3,(H,9,11). The molecule has 1 unspecified atom stereocenters. The normalized spacial score (nSPS) is 30.7. The average Bonchev–Trinajstić information content (AvgIpc) is 2.54. The van der Waals surface area contributed by atoms with Gasteiger partial charge in [0.1, 0.15) is 0 Å². The third-order valence-electron chi connectivity index (χ3n) is 2.47. The Morgan fingerprint density at radius 1 is 1.38 bits per heavy atom. The van der Waals surface area contributed by atoms with Gasteiger partial charge in [-0.25, -0.2) is 5.53 Å². The Morgan fingerprint density at radius 2 is 2.15 bits per heavy atom. The fraction of sp³-hybridized carbons (Fsp3) is 1.00. The zero-order chi connectivity index (χ0) is 9.10. The zero-order valence-electron chi connectivity index (χ0n) is 7.90. The van der Waals surface area contributed by atoms with Gasteiger partial charge in [0.05, 0.1) is 0 Å². The Bertz CT molecular complexity index is 187. The average molecular weight is 184 g/mol. The highest BCUT2D eigenvalue weighted by atomic mass is 15.8. The van der Waals surface area contributed by atoms with Crippen molar-refractivity contribution in [1.29, 1.82) is 0 Å². The van der Waals surface area contributed by atoms with E-state index in [0.29, 0.717) is 0 Å². The summed E-state index contributed by atoms with van der Waals surface area (Å²) in [6.07, 6.45) is 0.179. The van der Waals surface area contributed by atoms with Crippen molar-refractivity contribution in [2.24, 2.45) is 10.3 Å². The second-order valence-electron chi connectivity index (χ2n) is 3.46. The predicted molar refractivity (Wildman–Crippen MR) is 48.9 cm³/mol. The molecule has 0 radical (unpaired) electrons. The largest absolute Gasteiger partial charge is 0.314 e. The molecule has 0 bridgehead atoms. The van der Waals surface area contributed by atoms with E-state index in [1.54, 1.807) is 0 Å². The number of hydrazine groups is 1. The van der Waals surface area contributed by atoms with Gasteiger partial charge in [0.15, 0.2) is 6.17 Å². The summed E-state index contributed by atoms with van der Waals surface area (Å²) in [6, 6.07) is 0. The third-order valence-corrected chi connectivity index (χ3v) is 2.47. The van der Waals surface area contributed by atoms with E-state index in [1.165, 1.54) is 0 Å². The van der Waals surface area contributed by atoms with Crippen LogP contribution in [0.4, 0.5) is 0 Å². The summed E-state index contributed by atoms with van der Waals surface area (Å²) in [5.74, 6) is 0. The maximum absolute atomic E-state index is 4.09. The molecule has 2 rings (SSSR count). The van der Waals surface area contributed by atoms with Crippen molar-refractivity contribution in [2.75, 3.05) is 39.8 Å². The molecule has 6 nitrogen and oxygen atoms in total. The molecule has 2 N–H and O–H groups in total. The van der Waals surface area contributed by atoms with Gasteiger partial charge in [-0.15, -0.1) is 5.11 Å². The molecular formula is C7H16N6. The highest BCUT2D eigenvalue weighted by Gasteiger charge is 2.22. The monoisotopic (exact) mass is 184 g/mol. The van der Waals surface area contributed by atoms with E-state index in [0.717, 1.165) is 32.7 Å². The van der Waals surface area contributed by atoms with Crippen molar-refractivity contribution in [1.82, 2.24) is 20.8 Å². The predicted octanol–water partition coefficient (Wildman–Crippen LogP) is -0.965. The molecule has 1 fully saturated rings. The molecule has 74 valence electrons. The molecule has 0 amide bonds. The summed E-state index contributed by atoms with van der Waals surface area (Å²) < 4.78 is 0. The van der Waals surface area contributed by atoms with Crippen LogP contribution in [-0.2, 0) is 0 Å². The van der Waals surface area contributed by atoms with Gasteiger partial charge in [-0.3, -0.25) is 4.90 Å². The molecule has 2 aliphatic heterocycles. The first kappa shape index (κ1) is 8.86. The van der Waals surface area contributed by atoms with Crippen LogP contribution in [0.3, 0.4) is 0 Å². The number of rotatable bonds is 2. The van der Waals surface area contributed by atoms with Crippen molar-refractivity contribution in [3.63, 3.8) is 0 Å². The third kappa shape index (κ3) is 2.15. The number of likely N-dealkylation sites (N-methyl/N-ethyl adjacent to an activating group) is 1. The van der Waals surface area contributed by atoms with Gasteiger partial charge < -0.3 is 5.32 Å². The molecule has 0 aliphatic carbocycles. The molecule has 13 heavy (non-hydrogen) atoms. The molecule has 1 saturated heterocycles. The lowest BCUT2D eigenvalue weighted by Gasteiger charge is -2.29. The van der Waals surface area contributed by atoms with Crippen molar-refractivity contribution in [3.05, 3.63) is 0 Å². The number of nitrogens with one attached hydrogen (secondary N) is 2. The lowest BCUT2D eigenvalue weighted by atomic mass is 10.3. The molecule has 0 aromatic carbocycles. The smallest absolute Gasteiger partial charge is 0.156 e. The first-order valence-electron chi connectivity index (χ1n) is 4.67. The molecule has 0 spiro atoms. The second-order valence-corrected chi connectivity index (χ2v) is 3.46. The topological polar surface area (TPSA) is 55.3 Å². The number of piperazine rings is 1. The Hall–Kier alpha value is -0.720. The fourth-order valence-electron chi connectivity index (χ4n) is 1.59. The highest BCUT2D eigenvalue weighted by molar-refractivity contribution is 4.74. The van der Waals surface area contributed by atoms with E-state index in [-0.39, 0.29) is 6.17 Å². The molecule has 2 aliphatic rings. The second kappa shape index (κ2) is 3.99. The molecule has 0 aromatic rings. The van der Waals surface area contributed by atoms with E-state index in [9.17, 15) is 0 Å². The fourth-order valence-corrected chi connectivity index (χ4v) is 1.59. The SMILES string of the molecule is CN1NN=NC1CN1CCNCC1. The van der Waals surface area contributed by atoms with Crippen LogP contribution >= 0.6 is 0 Å². The van der Waals surface area contributed by atoms with Gasteiger partial charge in [-0.05, 0) is 0 Å². The van der Waals surface area contributed by atoms with Gasteiger partial charge in [-0.1, -0.05) is 5.22 Å². The summed E-state index contributed by atoms with van der Waals surface area (Å²) >= 11 is 0. The lowest BCUT2D eigenvalue weighted by molar-refractivity contribution is 0.145. The van der Waals surface area contributed by atoms with Gasteiger partial charge in [0, 0.05) is 39.8 Å². The maximum atomic E-state index is 4.09. The van der Waals surface area contributed by atoms with Gasteiger partial charge >= 0.3 is 0 Å². The summed E-state index contributed by atoms with van der Waals surface area (Å²) in [5, 5.41) is 13.1. The van der Waals surface area contributed by atoms with Gasteiger partial charge in [0.2, 0.25) is 0 Å². The van der Waals surface area contributed by atoms with Crippen LogP contribution in [0.2, 0.25) is 0 Å². The quantitative estimate of drug-likeness (QED) is 0.580. The summed E-state index contributed by atoms with van der Waals surface area (Å²) in [5.41, 5.74) is 2.81. The van der Waals surface area contributed by atoms with E-state index < -0.39 is 0 Å². The molecule has 1 atom stereocenters. The molecule has 0 saturated carbocycles. The van der Waals surface area contributed by atoms with Gasteiger partial charge in [0.25, 0.3) is 0 Å². The molecule has 2 heterocycles. The first-order chi connectivity index (χ1) is 6.36. The minimum Gasteiger partial charge on any atom is -0.314 e. The molecule has 0 aromatic heterocycles. The van der Waals surface area contributed by atoms with Crippen molar-refractivity contribution >= 4 is 0 Å². The van der Waals surface area contributed by atoms with E-state index in [4.69, 9.17) is 0 Å². The highest BCUT2D eigenvalue weighted by Crippen LogP contribution is 2.05. The lowest BCUT2D eigenvalue weighted by Crippen LogP contribution is -2.49. The molecule has 6 heteroatoms. The Labute approximate surface area is 77.9 Å². The maximum Gasteiger partial charge on any atom is 0.156 e. The van der Waals surface area contributed by atoms with E-state index >= 15 is 0 Å². The molecular weight excluding hydrogens is 168 g/mol. The summed E-state index contributed by atoms with van der Waals surface area (Å²) in [7, 11) is 1.97. The number of hydrogen-bond acceptors (Lipinski definition) is 6. The van der Waals surface area contributed by atoms with Crippen molar-refractivity contribution < 1.29 is 0 Å². The van der Waals surface area contributed by atoms with Crippen molar-refractivity contribution in [3.8, 4) is 0 Å². The van der Waals surface area contributed by atoms with Crippen molar-refractivity contribution in [2.45, 2.75) is 6.17 Å². The van der Waals surface area contributed by atoms with Crippen LogP contribution in [0.5, 0.6) is 0 Å². The van der Waals surface area contributed by atoms with Crippen LogP contribution in [0.15, 0.2) is 10.3 Å². The minimum absolute atomic E-state index is 0.179. The Balaban J connectivity index is 1.79. The van der Waals surface area contributed by atoms with Gasteiger partial charge in [-0.2, -0.15) is 5.01 Å².